The minimum atomic E-state index is -4.61. The third-order valence-corrected chi connectivity index (χ3v) is 6.40. The zero-order valence-electron chi connectivity index (χ0n) is 20.3. The van der Waals surface area contributed by atoms with Crippen LogP contribution in [0.5, 0.6) is 0 Å². The maximum absolute atomic E-state index is 15.3. The van der Waals surface area contributed by atoms with E-state index in [0.29, 0.717) is 21.9 Å². The van der Waals surface area contributed by atoms with Gasteiger partial charge in [-0.25, -0.2) is 14.4 Å². The summed E-state index contributed by atoms with van der Waals surface area (Å²) in [5.74, 6) is -1.25. The lowest BCUT2D eigenvalue weighted by Gasteiger charge is -2.36. The number of aryl methyl sites for hydroxylation is 1. The van der Waals surface area contributed by atoms with Gasteiger partial charge in [-0.2, -0.15) is 18.3 Å². The molecule has 4 heterocycles. The van der Waals surface area contributed by atoms with Crippen LogP contribution in [-0.4, -0.2) is 43.7 Å². The zero-order valence-corrected chi connectivity index (χ0v) is 20.3. The first-order chi connectivity index (χ1) is 17.5. The molecule has 0 bridgehead atoms. The van der Waals surface area contributed by atoms with Crippen molar-refractivity contribution in [2.24, 2.45) is 13.0 Å². The van der Waals surface area contributed by atoms with Crippen molar-refractivity contribution in [3.63, 3.8) is 0 Å². The van der Waals surface area contributed by atoms with E-state index in [-0.39, 0.29) is 48.3 Å². The monoisotopic (exact) mass is 516 g/mol. The summed E-state index contributed by atoms with van der Waals surface area (Å²) in [4.78, 5) is 23.3. The molecule has 12 heteroatoms. The lowest BCUT2D eigenvalue weighted by atomic mass is 9.98. The molecule has 3 aromatic heterocycles. The highest BCUT2D eigenvalue weighted by atomic mass is 19.4. The lowest BCUT2D eigenvalue weighted by molar-refractivity contribution is -0.141. The first-order valence-corrected chi connectivity index (χ1v) is 11.6. The van der Waals surface area contributed by atoms with Gasteiger partial charge in [-0.15, -0.1) is 0 Å². The largest absolute Gasteiger partial charge is 0.433 e. The highest BCUT2D eigenvalue weighted by molar-refractivity contribution is 6.10. The molecule has 4 aromatic rings. The average Bonchev–Trinajstić information content (AvgIpc) is 3.23. The number of pyridine rings is 2. The lowest BCUT2D eigenvalue weighted by Crippen LogP contribution is -2.42. The van der Waals surface area contributed by atoms with Gasteiger partial charge in [-0.3, -0.25) is 9.48 Å². The smallest absolute Gasteiger partial charge is 0.382 e. The number of carbonyl (C=O) groups is 1. The number of nitrogens with zero attached hydrogens (tertiary/aromatic N) is 5. The third kappa shape index (κ3) is 4.35. The van der Waals surface area contributed by atoms with Gasteiger partial charge in [-0.1, -0.05) is 19.9 Å². The van der Waals surface area contributed by atoms with Crippen molar-refractivity contribution in [3.05, 3.63) is 58.8 Å². The topological polar surface area (TPSA) is 99.2 Å². The Hall–Kier alpha value is -3.80. The molecule has 1 atom stereocenters. The van der Waals surface area contributed by atoms with Crippen LogP contribution in [0.2, 0.25) is 0 Å². The third-order valence-electron chi connectivity index (χ3n) is 6.40. The molecule has 1 amide bonds. The van der Waals surface area contributed by atoms with E-state index in [1.807, 2.05) is 13.8 Å². The van der Waals surface area contributed by atoms with Crippen molar-refractivity contribution >= 4 is 33.5 Å². The summed E-state index contributed by atoms with van der Waals surface area (Å²) in [5.41, 5.74) is 6.18. The van der Waals surface area contributed by atoms with Gasteiger partial charge < -0.3 is 15.4 Å². The van der Waals surface area contributed by atoms with E-state index in [9.17, 15) is 18.0 Å². The van der Waals surface area contributed by atoms with Crippen LogP contribution in [-0.2, 0) is 24.6 Å². The molecule has 194 valence electrons. The van der Waals surface area contributed by atoms with E-state index >= 15 is 4.39 Å². The van der Waals surface area contributed by atoms with E-state index in [1.54, 1.807) is 17.9 Å². The molecule has 0 spiro atoms. The molecule has 8 nitrogen and oxygen atoms in total. The Labute approximate surface area is 209 Å². The number of aromatic nitrogens is 4. The van der Waals surface area contributed by atoms with Gasteiger partial charge in [-0.05, 0) is 18.1 Å². The second-order valence-corrected chi connectivity index (χ2v) is 9.49. The highest BCUT2D eigenvalue weighted by Gasteiger charge is 2.37. The molecule has 1 aliphatic rings. The predicted molar refractivity (Wildman–Crippen MR) is 128 cm³/mol. The number of rotatable bonds is 4. The minimum absolute atomic E-state index is 0.0215. The molecule has 37 heavy (non-hydrogen) atoms. The van der Waals surface area contributed by atoms with Gasteiger partial charge in [0.15, 0.2) is 0 Å². The number of anilines is 1. The molecule has 0 saturated carbocycles. The second-order valence-electron chi connectivity index (χ2n) is 9.49. The number of halogens is 4. The van der Waals surface area contributed by atoms with E-state index in [2.05, 4.69) is 15.1 Å². The number of ether oxygens (including phenoxy) is 1. The Kier molecular flexibility index (Phi) is 6.01. The van der Waals surface area contributed by atoms with Crippen LogP contribution in [0.3, 0.4) is 0 Å². The van der Waals surface area contributed by atoms with Crippen LogP contribution in [0.1, 0.15) is 47.2 Å². The van der Waals surface area contributed by atoms with Gasteiger partial charge in [0.1, 0.15) is 22.8 Å². The van der Waals surface area contributed by atoms with Crippen molar-refractivity contribution in [1.82, 2.24) is 24.6 Å². The standard InChI is InChI=1S/C25H24F4N6O2/c1-12(2)9-35(20-11-37-10-19-13(20)4-5-21(32-19)25(27,28)29)24(36)15-6-14-16-8-31-34(3)22(16)23(30)33-18(14)7-17(15)26/h4-8,12,20H,9-11H2,1-3H3,(H2,30,33)/t20-/m0/s1. The van der Waals surface area contributed by atoms with Crippen LogP contribution in [0, 0.1) is 11.7 Å². The number of alkyl halides is 3. The zero-order chi connectivity index (χ0) is 26.6. The van der Waals surface area contributed by atoms with Crippen LogP contribution < -0.4 is 5.73 Å². The van der Waals surface area contributed by atoms with Crippen molar-refractivity contribution in [3.8, 4) is 0 Å². The average molecular weight is 516 g/mol. The van der Waals surface area contributed by atoms with Gasteiger partial charge in [0.25, 0.3) is 5.91 Å². The van der Waals surface area contributed by atoms with E-state index < -0.39 is 29.6 Å². The fourth-order valence-electron chi connectivity index (χ4n) is 4.76. The molecular formula is C25H24F4N6O2. The molecule has 1 aliphatic heterocycles. The van der Waals surface area contributed by atoms with Crippen LogP contribution in [0.4, 0.5) is 23.4 Å². The summed E-state index contributed by atoms with van der Waals surface area (Å²) < 4.78 is 62.1. The highest BCUT2D eigenvalue weighted by Crippen LogP contribution is 2.36. The SMILES string of the molecule is CC(C)CN(C(=O)c1cc2c(cc1F)nc(N)c1c2cnn1C)[C@H]1COCc2nc(C(F)(F)F)ccc21. The maximum Gasteiger partial charge on any atom is 0.433 e. The fourth-order valence-corrected chi connectivity index (χ4v) is 4.76. The molecule has 0 unspecified atom stereocenters. The summed E-state index contributed by atoms with van der Waals surface area (Å²) in [5, 5.41) is 5.32. The van der Waals surface area contributed by atoms with Crippen molar-refractivity contribution in [2.45, 2.75) is 32.7 Å². The first kappa shape index (κ1) is 24.9. The minimum Gasteiger partial charge on any atom is -0.382 e. The number of nitrogen functional groups attached to an aromatic ring is 1. The summed E-state index contributed by atoms with van der Waals surface area (Å²) in [7, 11) is 1.70. The van der Waals surface area contributed by atoms with Crippen molar-refractivity contribution in [2.75, 3.05) is 18.9 Å². The fraction of sp³-hybridized carbons (Fsp3) is 0.360. The van der Waals surface area contributed by atoms with Crippen LogP contribution >= 0.6 is 0 Å². The summed E-state index contributed by atoms with van der Waals surface area (Å²) in [6.07, 6.45) is -3.04. The number of hydrogen-bond acceptors (Lipinski definition) is 6. The number of amides is 1. The summed E-state index contributed by atoms with van der Waals surface area (Å²) in [6.45, 7) is 3.92. The van der Waals surface area contributed by atoms with Crippen LogP contribution in [0.25, 0.3) is 21.8 Å². The Balaban J connectivity index is 1.61. The van der Waals surface area contributed by atoms with E-state index in [0.717, 1.165) is 12.1 Å². The molecule has 0 aliphatic carbocycles. The summed E-state index contributed by atoms with van der Waals surface area (Å²) >= 11 is 0. The number of fused-ring (bicyclic) bond motifs is 4. The van der Waals surface area contributed by atoms with E-state index in [1.165, 1.54) is 17.0 Å². The first-order valence-electron chi connectivity index (χ1n) is 11.6. The predicted octanol–water partition coefficient (Wildman–Crippen LogP) is 4.63. The van der Waals surface area contributed by atoms with Gasteiger partial charge in [0.2, 0.25) is 0 Å². The Morgan fingerprint density at radius 3 is 2.70 bits per heavy atom. The Morgan fingerprint density at radius 1 is 1.24 bits per heavy atom. The molecule has 0 radical (unpaired) electrons. The Bertz CT molecular complexity index is 1530. The van der Waals surface area contributed by atoms with E-state index in [4.69, 9.17) is 10.5 Å². The quantitative estimate of drug-likeness (QED) is 0.397. The molecule has 2 N–H and O–H groups in total. The molecule has 0 saturated heterocycles. The van der Waals surface area contributed by atoms with Crippen molar-refractivity contribution < 1.29 is 27.1 Å². The van der Waals surface area contributed by atoms with Gasteiger partial charge >= 0.3 is 6.18 Å². The Morgan fingerprint density at radius 2 is 2.00 bits per heavy atom. The molecular weight excluding hydrogens is 492 g/mol. The summed E-state index contributed by atoms with van der Waals surface area (Å²) in [6, 6.07) is 4.04. The second kappa shape index (κ2) is 8.94. The number of benzene rings is 1. The van der Waals surface area contributed by atoms with Crippen molar-refractivity contribution in [1.29, 1.82) is 0 Å². The molecule has 0 fully saturated rings. The van der Waals surface area contributed by atoms with Gasteiger partial charge in [0.05, 0.1) is 42.2 Å². The number of hydrogen-bond donors (Lipinski definition) is 1. The normalized spacial score (nSPS) is 15.9. The molecule has 1 aromatic carbocycles. The molecule has 5 rings (SSSR count). The van der Waals surface area contributed by atoms with Gasteiger partial charge in [0, 0.05) is 36.0 Å². The maximum atomic E-state index is 15.3. The number of carbonyl (C=O) groups excluding carboxylic acids is 1. The van der Waals surface area contributed by atoms with Crippen LogP contribution in [0.15, 0.2) is 30.5 Å². The number of nitrogens with two attached hydrogens (primary N) is 1.